The van der Waals surface area contributed by atoms with Crippen molar-refractivity contribution in [3.63, 3.8) is 0 Å². The summed E-state index contributed by atoms with van der Waals surface area (Å²) >= 11 is 0. The summed E-state index contributed by atoms with van der Waals surface area (Å²) in [6, 6.07) is 6.16. The van der Waals surface area contributed by atoms with Gasteiger partial charge in [0.05, 0.1) is 0 Å². The van der Waals surface area contributed by atoms with Gasteiger partial charge in [-0.15, -0.1) is 0 Å². The topological polar surface area (TPSA) is 83.5 Å². The fourth-order valence-electron chi connectivity index (χ4n) is 3.07. The summed E-state index contributed by atoms with van der Waals surface area (Å²) in [6.45, 7) is 6.26. The molecule has 0 aromatic heterocycles. The number of hydrogen-bond acceptors (Lipinski definition) is 3. The largest absolute Gasteiger partial charge is 0.480 e. The van der Waals surface area contributed by atoms with Crippen molar-refractivity contribution in [1.29, 1.82) is 0 Å². The first kappa shape index (κ1) is 18.2. The van der Waals surface area contributed by atoms with Crippen LogP contribution in [0.25, 0.3) is 0 Å². The van der Waals surface area contributed by atoms with E-state index in [1.165, 1.54) is 0 Å². The molecule has 5 nitrogen and oxygen atoms in total. The number of benzene rings is 1. The molecular weight excluding hydrogens is 306 g/mol. The number of hydrogen-bond donors (Lipinski definition) is 2. The Morgan fingerprint density at radius 2 is 1.83 bits per heavy atom. The zero-order valence-electron chi connectivity index (χ0n) is 14.5. The molecule has 1 aromatic carbocycles. The summed E-state index contributed by atoms with van der Waals surface area (Å²) < 4.78 is 0. The number of ketones is 1. The van der Waals surface area contributed by atoms with Crippen molar-refractivity contribution in [3.05, 3.63) is 35.4 Å². The van der Waals surface area contributed by atoms with Crippen LogP contribution < -0.4 is 5.32 Å². The van der Waals surface area contributed by atoms with Crippen LogP contribution in [0.5, 0.6) is 0 Å². The highest BCUT2D eigenvalue weighted by molar-refractivity contribution is 5.96. The van der Waals surface area contributed by atoms with Gasteiger partial charge >= 0.3 is 5.97 Å². The highest BCUT2D eigenvalue weighted by Crippen LogP contribution is 2.25. The quantitative estimate of drug-likeness (QED) is 0.888. The van der Waals surface area contributed by atoms with E-state index in [1.54, 1.807) is 12.1 Å². The molecule has 0 bridgehead atoms. The predicted molar refractivity (Wildman–Crippen MR) is 91.0 cm³/mol. The molecule has 2 atom stereocenters. The second-order valence-corrected chi connectivity index (χ2v) is 7.51. The molecule has 2 rings (SSSR count). The van der Waals surface area contributed by atoms with Gasteiger partial charge in [0.2, 0.25) is 0 Å². The fourth-order valence-corrected chi connectivity index (χ4v) is 3.07. The molecule has 1 saturated carbocycles. The summed E-state index contributed by atoms with van der Waals surface area (Å²) in [5.74, 6) is -1.77. The first-order valence-electron chi connectivity index (χ1n) is 8.34. The van der Waals surface area contributed by atoms with E-state index in [4.69, 9.17) is 0 Å². The number of carbonyl (C=O) groups is 3. The Bertz CT molecular complexity index is 628. The highest BCUT2D eigenvalue weighted by Gasteiger charge is 2.33. The molecule has 1 fully saturated rings. The maximum atomic E-state index is 12.4. The van der Waals surface area contributed by atoms with E-state index in [0.717, 1.165) is 5.56 Å². The van der Waals surface area contributed by atoms with Gasteiger partial charge < -0.3 is 10.4 Å². The first-order chi connectivity index (χ1) is 11.2. The molecule has 0 heterocycles. The van der Waals surface area contributed by atoms with Gasteiger partial charge in [-0.1, -0.05) is 32.9 Å². The van der Waals surface area contributed by atoms with E-state index in [-0.39, 0.29) is 23.5 Å². The zero-order valence-corrected chi connectivity index (χ0v) is 14.5. The highest BCUT2D eigenvalue weighted by atomic mass is 16.4. The third-order valence-electron chi connectivity index (χ3n) is 4.56. The van der Waals surface area contributed by atoms with Gasteiger partial charge in [-0.2, -0.15) is 0 Å². The molecule has 1 aliphatic rings. The summed E-state index contributed by atoms with van der Waals surface area (Å²) in [5.41, 5.74) is 1.52. The van der Waals surface area contributed by atoms with Gasteiger partial charge in [-0.3, -0.25) is 9.59 Å². The van der Waals surface area contributed by atoms with Crippen molar-refractivity contribution >= 4 is 17.7 Å². The molecule has 0 radical (unpaired) electrons. The van der Waals surface area contributed by atoms with Crippen molar-refractivity contribution in [1.82, 2.24) is 5.32 Å². The molecule has 24 heavy (non-hydrogen) atoms. The van der Waals surface area contributed by atoms with Gasteiger partial charge in [0, 0.05) is 18.4 Å². The van der Waals surface area contributed by atoms with E-state index in [1.807, 2.05) is 12.1 Å². The lowest BCUT2D eigenvalue weighted by Crippen LogP contribution is -2.47. The molecule has 2 N–H and O–H groups in total. The molecule has 1 aromatic rings. The monoisotopic (exact) mass is 331 g/mol. The Hall–Kier alpha value is -2.17. The molecule has 1 amide bonds. The number of carbonyl (C=O) groups excluding carboxylic acids is 2. The van der Waals surface area contributed by atoms with Gasteiger partial charge in [-0.05, 0) is 41.9 Å². The number of carboxylic acid groups (broad SMARTS) is 1. The lowest BCUT2D eigenvalue weighted by Gasteiger charge is -2.27. The molecular formula is C19H25NO4. The average Bonchev–Trinajstić information content (AvgIpc) is 2.51. The van der Waals surface area contributed by atoms with Gasteiger partial charge in [0.25, 0.3) is 5.91 Å². The maximum absolute atomic E-state index is 12.4. The Kier molecular flexibility index (Phi) is 5.42. The normalized spacial score (nSPS) is 19.6. The number of Topliss-reactive ketones (excluding diaryl/α,β-unsaturated/α-hetero) is 1. The second-order valence-electron chi connectivity index (χ2n) is 7.51. The van der Waals surface area contributed by atoms with Crippen molar-refractivity contribution in [3.8, 4) is 0 Å². The SMILES string of the molecule is CC(C)(C)c1ccc(C(=O)N[C@H](C(=O)O)[C@@H]2CCCC(=O)C2)cc1. The Balaban J connectivity index is 2.10. The number of aliphatic carboxylic acids is 1. The minimum atomic E-state index is -1.09. The number of nitrogens with one attached hydrogen (secondary N) is 1. The number of rotatable bonds is 4. The van der Waals surface area contributed by atoms with Crippen LogP contribution in [0.2, 0.25) is 0 Å². The van der Waals surface area contributed by atoms with Gasteiger partial charge in [-0.25, -0.2) is 4.79 Å². The van der Waals surface area contributed by atoms with E-state index in [2.05, 4.69) is 26.1 Å². The van der Waals surface area contributed by atoms with E-state index >= 15 is 0 Å². The number of carboxylic acids is 1. The summed E-state index contributed by atoms with van der Waals surface area (Å²) in [4.78, 5) is 35.5. The average molecular weight is 331 g/mol. The summed E-state index contributed by atoms with van der Waals surface area (Å²) in [6.07, 6.45) is 2.06. The minimum absolute atomic E-state index is 0.0128. The lowest BCUT2D eigenvalue weighted by molar-refractivity contribution is -0.141. The van der Waals surface area contributed by atoms with Crippen molar-refractivity contribution < 1.29 is 19.5 Å². The van der Waals surface area contributed by atoms with Crippen LogP contribution in [0.4, 0.5) is 0 Å². The number of amides is 1. The van der Waals surface area contributed by atoms with E-state index in [0.29, 0.717) is 24.8 Å². The molecule has 0 aliphatic heterocycles. The smallest absolute Gasteiger partial charge is 0.326 e. The Labute approximate surface area is 142 Å². The van der Waals surface area contributed by atoms with E-state index in [9.17, 15) is 19.5 Å². The molecule has 1 aliphatic carbocycles. The van der Waals surface area contributed by atoms with E-state index < -0.39 is 17.9 Å². The minimum Gasteiger partial charge on any atom is -0.480 e. The molecule has 0 spiro atoms. The third kappa shape index (κ3) is 4.43. The lowest BCUT2D eigenvalue weighted by atomic mass is 9.83. The molecule has 0 unspecified atom stereocenters. The molecule has 5 heteroatoms. The Morgan fingerprint density at radius 1 is 1.21 bits per heavy atom. The maximum Gasteiger partial charge on any atom is 0.326 e. The molecule has 130 valence electrons. The van der Waals surface area contributed by atoms with Crippen LogP contribution in [-0.4, -0.2) is 28.8 Å². The van der Waals surface area contributed by atoms with Crippen LogP contribution >= 0.6 is 0 Å². The summed E-state index contributed by atoms with van der Waals surface area (Å²) in [5, 5.41) is 12.0. The molecule has 0 saturated heterocycles. The van der Waals surface area contributed by atoms with Crippen molar-refractivity contribution in [2.24, 2.45) is 5.92 Å². The second kappa shape index (κ2) is 7.16. The van der Waals surface area contributed by atoms with Crippen molar-refractivity contribution in [2.75, 3.05) is 0 Å². The predicted octanol–water partition coefficient (Wildman–Crippen LogP) is 2.93. The first-order valence-corrected chi connectivity index (χ1v) is 8.34. The van der Waals surface area contributed by atoms with Crippen molar-refractivity contribution in [2.45, 2.75) is 57.9 Å². The van der Waals surface area contributed by atoms with Gasteiger partial charge in [0.1, 0.15) is 11.8 Å². The standard InChI is InChI=1S/C19H25NO4/c1-19(2,3)14-9-7-12(8-10-14)17(22)20-16(18(23)24)13-5-4-6-15(21)11-13/h7-10,13,16H,4-6,11H2,1-3H3,(H,20,22)(H,23,24)/t13-,16+/m1/s1. The fraction of sp³-hybridized carbons (Fsp3) is 0.526. The van der Waals surface area contributed by atoms with Gasteiger partial charge in [0.15, 0.2) is 0 Å². The van der Waals surface area contributed by atoms with Crippen LogP contribution in [0.15, 0.2) is 24.3 Å². The van der Waals surface area contributed by atoms with Crippen LogP contribution in [0, 0.1) is 5.92 Å². The van der Waals surface area contributed by atoms with Crippen LogP contribution in [0.1, 0.15) is 62.4 Å². The van der Waals surface area contributed by atoms with Crippen LogP contribution in [-0.2, 0) is 15.0 Å². The zero-order chi connectivity index (χ0) is 17.9. The Morgan fingerprint density at radius 3 is 2.33 bits per heavy atom. The third-order valence-corrected chi connectivity index (χ3v) is 4.56. The van der Waals surface area contributed by atoms with Crippen LogP contribution in [0.3, 0.4) is 0 Å². The summed E-state index contributed by atoms with van der Waals surface area (Å²) in [7, 11) is 0.